The van der Waals surface area contributed by atoms with Gasteiger partial charge < -0.3 is 19.8 Å². The molecule has 0 fully saturated rings. The van der Waals surface area contributed by atoms with Gasteiger partial charge in [0, 0.05) is 28.5 Å². The van der Waals surface area contributed by atoms with Crippen LogP contribution in [0.1, 0.15) is 28.4 Å². The average molecular weight is 462 g/mol. The molecule has 0 radical (unpaired) electrons. The molecule has 0 saturated heterocycles. The van der Waals surface area contributed by atoms with Gasteiger partial charge in [-0.3, -0.25) is 14.8 Å². The summed E-state index contributed by atoms with van der Waals surface area (Å²) in [6.45, 7) is 0.303. The second-order valence-corrected chi connectivity index (χ2v) is 8.29. The highest BCUT2D eigenvalue weighted by Crippen LogP contribution is 2.33. The van der Waals surface area contributed by atoms with Crippen molar-refractivity contribution in [1.82, 2.24) is 14.8 Å². The van der Waals surface area contributed by atoms with Crippen LogP contribution < -0.4 is 10.1 Å². The van der Waals surface area contributed by atoms with E-state index in [1.165, 1.54) is 24.2 Å². The standard InChI is InChI=1S/C24H23N5O5/c1-33-21-8-7-14(9-15(21)12-28-13-16(11-25-28)29(31)32)22-23-18(10-20(27-22)24(30)34-2)17-5-3-4-6-19(17)26-23/h3-9,11,13,20,22,26-27H,10,12H2,1-2H3/p+1/t20-,22+/m0/s1. The number of aromatic amines is 1. The van der Waals surface area contributed by atoms with Gasteiger partial charge in [0.15, 0.2) is 12.1 Å². The molecule has 34 heavy (non-hydrogen) atoms. The first-order chi connectivity index (χ1) is 16.5. The van der Waals surface area contributed by atoms with Gasteiger partial charge in [-0.1, -0.05) is 18.2 Å². The van der Waals surface area contributed by atoms with Crippen molar-refractivity contribution in [1.29, 1.82) is 0 Å². The van der Waals surface area contributed by atoms with E-state index in [0.29, 0.717) is 18.7 Å². The summed E-state index contributed by atoms with van der Waals surface area (Å²) in [4.78, 5) is 26.6. The number of esters is 1. The fourth-order valence-corrected chi connectivity index (χ4v) is 4.74. The first-order valence-corrected chi connectivity index (χ1v) is 10.8. The largest absolute Gasteiger partial charge is 0.496 e. The number of nitro groups is 1. The van der Waals surface area contributed by atoms with Crippen LogP contribution in [0, 0.1) is 10.1 Å². The number of aromatic nitrogens is 3. The smallest absolute Gasteiger partial charge is 0.364 e. The van der Waals surface area contributed by atoms with Crippen molar-refractivity contribution < 1.29 is 24.5 Å². The topological polar surface area (TPSA) is 129 Å². The summed E-state index contributed by atoms with van der Waals surface area (Å²) >= 11 is 0. The number of carbonyl (C=O) groups excluding carboxylic acids is 1. The molecule has 2 aromatic heterocycles. The zero-order valence-electron chi connectivity index (χ0n) is 18.7. The SMILES string of the molecule is COC(=O)[C@@H]1Cc2c([nH]c3ccccc23)[C@@H](c2ccc(OC)c(Cn3cc([N+](=O)[O-])cn3)c2)[NH2+]1. The molecule has 0 saturated carbocycles. The molecule has 174 valence electrons. The number of hydrogen-bond donors (Lipinski definition) is 2. The molecule has 0 bridgehead atoms. The molecule has 1 aliphatic heterocycles. The maximum absolute atomic E-state index is 12.5. The van der Waals surface area contributed by atoms with Gasteiger partial charge in [-0.25, -0.2) is 4.79 Å². The van der Waals surface area contributed by atoms with Gasteiger partial charge in [0.2, 0.25) is 0 Å². The molecule has 0 aliphatic carbocycles. The van der Waals surface area contributed by atoms with Gasteiger partial charge in [0.1, 0.15) is 18.1 Å². The summed E-state index contributed by atoms with van der Waals surface area (Å²) in [7, 11) is 2.99. The van der Waals surface area contributed by atoms with Crippen LogP contribution in [0.4, 0.5) is 5.69 Å². The monoisotopic (exact) mass is 462 g/mol. The number of carbonyl (C=O) groups is 1. The van der Waals surface area contributed by atoms with Gasteiger partial charge >= 0.3 is 11.7 Å². The molecular weight excluding hydrogens is 438 g/mol. The minimum absolute atomic E-state index is 0.0700. The molecular formula is C24H24N5O5+. The third kappa shape index (κ3) is 3.77. The van der Waals surface area contributed by atoms with E-state index in [2.05, 4.69) is 16.1 Å². The molecule has 2 atom stereocenters. The summed E-state index contributed by atoms with van der Waals surface area (Å²) in [5.41, 5.74) is 4.90. The van der Waals surface area contributed by atoms with Crippen LogP contribution >= 0.6 is 0 Å². The van der Waals surface area contributed by atoms with Crippen molar-refractivity contribution in [3.63, 3.8) is 0 Å². The van der Waals surface area contributed by atoms with Crippen LogP contribution in [0.2, 0.25) is 0 Å². The van der Waals surface area contributed by atoms with E-state index in [9.17, 15) is 14.9 Å². The second-order valence-electron chi connectivity index (χ2n) is 8.29. The lowest BCUT2D eigenvalue weighted by Crippen LogP contribution is -2.94. The number of benzene rings is 2. The van der Waals surface area contributed by atoms with Crippen LogP contribution in [-0.2, 0) is 22.5 Å². The predicted octanol–water partition coefficient (Wildman–Crippen LogP) is 2.08. The van der Waals surface area contributed by atoms with E-state index in [0.717, 1.165) is 33.3 Å². The lowest BCUT2D eigenvalue weighted by Gasteiger charge is -2.27. The van der Waals surface area contributed by atoms with Gasteiger partial charge in [0.05, 0.1) is 31.4 Å². The minimum atomic E-state index is -0.474. The van der Waals surface area contributed by atoms with E-state index >= 15 is 0 Å². The molecule has 0 unspecified atom stereocenters. The van der Waals surface area contributed by atoms with Gasteiger partial charge in [-0.2, -0.15) is 5.10 Å². The van der Waals surface area contributed by atoms with Crippen LogP contribution in [0.5, 0.6) is 5.75 Å². The molecule has 5 rings (SSSR count). The number of nitrogens with one attached hydrogen (secondary N) is 1. The number of hydrogen-bond acceptors (Lipinski definition) is 6. The van der Waals surface area contributed by atoms with Crippen molar-refractivity contribution >= 4 is 22.6 Å². The van der Waals surface area contributed by atoms with E-state index in [1.807, 2.05) is 41.7 Å². The number of quaternary nitrogens is 1. The van der Waals surface area contributed by atoms with Crippen molar-refractivity contribution in [3.05, 3.63) is 87.4 Å². The van der Waals surface area contributed by atoms with Crippen LogP contribution in [-0.4, -0.2) is 45.9 Å². The number of rotatable bonds is 6. The van der Waals surface area contributed by atoms with Crippen molar-refractivity contribution in [3.8, 4) is 5.75 Å². The Morgan fingerprint density at radius 3 is 2.85 bits per heavy atom. The molecule has 0 spiro atoms. The Morgan fingerprint density at radius 1 is 1.29 bits per heavy atom. The zero-order chi connectivity index (χ0) is 23.8. The molecule has 2 aromatic carbocycles. The number of para-hydroxylation sites is 1. The fraction of sp³-hybridized carbons (Fsp3) is 0.250. The fourth-order valence-electron chi connectivity index (χ4n) is 4.74. The Labute approximate surface area is 194 Å². The van der Waals surface area contributed by atoms with Crippen molar-refractivity contribution in [2.24, 2.45) is 0 Å². The second kappa shape index (κ2) is 8.64. The number of nitrogens with zero attached hydrogens (tertiary/aromatic N) is 3. The van der Waals surface area contributed by atoms with E-state index in [4.69, 9.17) is 9.47 Å². The number of ether oxygens (including phenoxy) is 2. The summed E-state index contributed by atoms with van der Waals surface area (Å²) in [6.07, 6.45) is 3.19. The number of H-pyrrole nitrogens is 1. The summed E-state index contributed by atoms with van der Waals surface area (Å²) < 4.78 is 12.1. The first-order valence-electron chi connectivity index (χ1n) is 10.8. The minimum Gasteiger partial charge on any atom is -0.496 e. The normalized spacial score (nSPS) is 17.4. The maximum Gasteiger partial charge on any atom is 0.364 e. The third-order valence-electron chi connectivity index (χ3n) is 6.34. The van der Waals surface area contributed by atoms with Gasteiger partial charge in [0.25, 0.3) is 0 Å². The summed E-state index contributed by atoms with van der Waals surface area (Å²) in [5, 5.41) is 18.3. The quantitative estimate of drug-likeness (QED) is 0.256. The Bertz CT molecular complexity index is 1390. The van der Waals surface area contributed by atoms with E-state index in [1.54, 1.807) is 7.11 Å². The molecule has 0 amide bonds. The molecule has 1 aliphatic rings. The highest BCUT2D eigenvalue weighted by atomic mass is 16.6. The molecule has 10 heteroatoms. The Balaban J connectivity index is 1.57. The van der Waals surface area contributed by atoms with Crippen molar-refractivity contribution in [2.45, 2.75) is 25.0 Å². The van der Waals surface area contributed by atoms with E-state index in [-0.39, 0.29) is 23.7 Å². The third-order valence-corrected chi connectivity index (χ3v) is 6.34. The van der Waals surface area contributed by atoms with Gasteiger partial charge in [-0.05, 0) is 29.8 Å². The maximum atomic E-state index is 12.5. The Kier molecular flexibility index (Phi) is 5.50. The highest BCUT2D eigenvalue weighted by molar-refractivity contribution is 5.86. The number of fused-ring (bicyclic) bond motifs is 3. The van der Waals surface area contributed by atoms with Gasteiger partial charge in [-0.15, -0.1) is 0 Å². The van der Waals surface area contributed by atoms with Crippen LogP contribution in [0.25, 0.3) is 10.9 Å². The molecule has 4 aromatic rings. The first kappa shape index (κ1) is 21.7. The van der Waals surface area contributed by atoms with E-state index < -0.39 is 4.92 Å². The Morgan fingerprint density at radius 2 is 2.12 bits per heavy atom. The summed E-state index contributed by atoms with van der Waals surface area (Å²) in [5.74, 6) is 0.387. The predicted molar refractivity (Wildman–Crippen MR) is 123 cm³/mol. The lowest BCUT2D eigenvalue weighted by molar-refractivity contribution is -0.712. The van der Waals surface area contributed by atoms with Crippen molar-refractivity contribution in [2.75, 3.05) is 14.2 Å². The molecule has 10 nitrogen and oxygen atoms in total. The van der Waals surface area contributed by atoms with Crippen LogP contribution in [0.15, 0.2) is 54.9 Å². The number of nitrogens with two attached hydrogens (primary N) is 1. The molecule has 3 heterocycles. The van der Waals surface area contributed by atoms with Crippen LogP contribution in [0.3, 0.4) is 0 Å². The lowest BCUT2D eigenvalue weighted by atomic mass is 9.89. The average Bonchev–Trinajstić information content (AvgIpc) is 3.47. The highest BCUT2D eigenvalue weighted by Gasteiger charge is 2.38. The zero-order valence-corrected chi connectivity index (χ0v) is 18.7. The number of methoxy groups -OCH3 is 2. The molecule has 3 N–H and O–H groups in total. The summed E-state index contributed by atoms with van der Waals surface area (Å²) in [6, 6.07) is 13.4. The Hall–Kier alpha value is -4.18.